The first-order chi connectivity index (χ1) is 29.7. The number of nitrogens with one attached hydrogen (secondary N) is 1. The van der Waals surface area contributed by atoms with Crippen LogP contribution in [0.5, 0.6) is 11.5 Å². The lowest BCUT2D eigenvalue weighted by Crippen LogP contribution is -2.45. The van der Waals surface area contributed by atoms with E-state index in [1.165, 1.54) is 58.4 Å². The predicted octanol–water partition coefficient (Wildman–Crippen LogP) is 6.35. The first kappa shape index (κ1) is 47.4. The van der Waals surface area contributed by atoms with Crippen molar-refractivity contribution in [1.82, 2.24) is 10.2 Å². The summed E-state index contributed by atoms with van der Waals surface area (Å²) in [5.41, 5.74) is -0.596. The zero-order valence-corrected chi connectivity index (χ0v) is 37.9. The van der Waals surface area contributed by atoms with Crippen LogP contribution in [0, 0.1) is 37.5 Å². The number of hydrogen-bond donors (Lipinski definition) is 4. The highest BCUT2D eigenvalue weighted by Crippen LogP contribution is 2.50. The molecule has 0 aromatic heterocycles. The van der Waals surface area contributed by atoms with E-state index < -0.39 is 88.7 Å². The van der Waals surface area contributed by atoms with Gasteiger partial charge in [-0.3, -0.25) is 19.2 Å². The SMILES string of the molecule is CO[C@H]1/C=C\O[C@@]2(C)Oc3c(C)c(OC(=O)c4ccc(C)c(Cl)c4)c4c(c3C2=O)C(=O)C(N2CCCCC2)=C(NC(=O)/C(C)=C\C=C/[C@H](C)[C@H](O)[C@@H](C)[C@H](O)[C@H](C)[C@H](O)[C@@H]1C)C4=O. The molecule has 4 N–H and O–H groups in total. The molecule has 2 aromatic carbocycles. The fourth-order valence-corrected chi connectivity index (χ4v) is 8.87. The van der Waals surface area contributed by atoms with Crippen molar-refractivity contribution in [3.63, 3.8) is 0 Å². The molecule has 1 amide bonds. The number of carbonyl (C=O) groups excluding carboxylic acids is 5. The van der Waals surface area contributed by atoms with E-state index in [-0.39, 0.29) is 55.7 Å². The molecule has 63 heavy (non-hydrogen) atoms. The number of carbonyl (C=O) groups is 5. The second kappa shape index (κ2) is 18.9. The number of aliphatic hydroxyl groups excluding tert-OH is 3. The number of ketones is 3. The van der Waals surface area contributed by atoms with E-state index in [1.54, 1.807) is 57.7 Å². The first-order valence-corrected chi connectivity index (χ1v) is 21.7. The van der Waals surface area contributed by atoms with E-state index in [0.717, 1.165) is 6.42 Å². The molecule has 5 bridgehead atoms. The first-order valence-electron chi connectivity index (χ1n) is 21.3. The maximum Gasteiger partial charge on any atom is 0.343 e. The van der Waals surface area contributed by atoms with E-state index in [0.29, 0.717) is 31.5 Å². The molecule has 9 atom stereocenters. The highest BCUT2D eigenvalue weighted by atomic mass is 35.5. The van der Waals surface area contributed by atoms with Crippen molar-refractivity contribution in [3.05, 3.63) is 104 Å². The summed E-state index contributed by atoms with van der Waals surface area (Å²) in [6.07, 6.45) is 5.52. The average molecular weight is 889 g/mol. The number of Topliss-reactive ketones (excluding diaryl/α,β-unsaturated/α-hetero) is 3. The van der Waals surface area contributed by atoms with Crippen molar-refractivity contribution < 1.29 is 58.2 Å². The van der Waals surface area contributed by atoms with Crippen LogP contribution in [0.2, 0.25) is 5.02 Å². The van der Waals surface area contributed by atoms with Gasteiger partial charge < -0.3 is 44.5 Å². The van der Waals surface area contributed by atoms with Crippen LogP contribution in [-0.4, -0.2) is 99.8 Å². The number of likely N-dealkylation sites (tertiary alicyclic amines) is 1. The van der Waals surface area contributed by atoms with Gasteiger partial charge in [-0.1, -0.05) is 63.6 Å². The number of allylic oxidation sites excluding steroid dienone is 4. The molecule has 4 heterocycles. The number of aryl methyl sites for hydroxylation is 1. The summed E-state index contributed by atoms with van der Waals surface area (Å²) >= 11 is 6.36. The third-order valence-corrected chi connectivity index (χ3v) is 13.3. The number of halogens is 1. The summed E-state index contributed by atoms with van der Waals surface area (Å²) < 4.78 is 24.0. The standard InChI is InChI=1S/C48H57ClN2O12/c1-23-16-17-30(22-31(23)49)47(59)62-43-29(7)44-35-33-34(43)41(55)36(37(42(33)56)51-19-11-10-12-20-51)50-46(58)25(3)15-13-14-24(2)38(52)27(5)40(54)28(6)39(53)26(4)32(60-9)18-21-61-48(8,63-44)45(35)57/h13-18,21-22,24,26-28,32,38-40,52-54H,10-12,19-20H2,1-9H3,(H,50,58)/b14-13-,21-18-,25-15-/t24-,26+,27+,28+,32-,38-,39+,40-,48-/m0/s1. The Morgan fingerprint density at radius 1 is 0.873 bits per heavy atom. The Hall–Kier alpha value is -5.12. The smallest absolute Gasteiger partial charge is 0.343 e. The molecule has 0 unspecified atom stereocenters. The molecule has 5 aliphatic rings. The normalized spacial score (nSPS) is 31.4. The Morgan fingerprint density at radius 3 is 2.17 bits per heavy atom. The van der Waals surface area contributed by atoms with Gasteiger partial charge in [0.15, 0.2) is 0 Å². The molecular formula is C48H57ClN2O12. The summed E-state index contributed by atoms with van der Waals surface area (Å²) in [6.45, 7) is 13.7. The molecule has 15 heteroatoms. The van der Waals surface area contributed by atoms with Crippen molar-refractivity contribution in [2.24, 2.45) is 23.7 Å². The van der Waals surface area contributed by atoms with Crippen molar-refractivity contribution >= 4 is 40.8 Å². The number of rotatable bonds is 4. The highest BCUT2D eigenvalue weighted by Gasteiger charge is 2.53. The van der Waals surface area contributed by atoms with Crippen LogP contribution in [-0.2, 0) is 14.3 Å². The van der Waals surface area contributed by atoms with Gasteiger partial charge in [0, 0.05) is 67.0 Å². The molecule has 1 saturated heterocycles. The summed E-state index contributed by atoms with van der Waals surface area (Å²) in [5.74, 6) is -9.26. The third-order valence-electron chi connectivity index (χ3n) is 12.9. The number of piperidine rings is 1. The molecule has 7 rings (SSSR count). The number of aliphatic hydroxyl groups is 3. The molecule has 0 radical (unpaired) electrons. The molecular weight excluding hydrogens is 832 g/mol. The highest BCUT2D eigenvalue weighted by molar-refractivity contribution is 6.33. The number of hydrogen-bond acceptors (Lipinski definition) is 13. The van der Waals surface area contributed by atoms with Gasteiger partial charge in [-0.15, -0.1) is 0 Å². The average Bonchev–Trinajstić information content (AvgIpc) is 3.53. The molecule has 14 nitrogen and oxygen atoms in total. The number of ether oxygens (including phenoxy) is 4. The quantitative estimate of drug-likeness (QED) is 0.196. The molecule has 4 aliphatic heterocycles. The Morgan fingerprint density at radius 2 is 1.52 bits per heavy atom. The zero-order chi connectivity index (χ0) is 46.2. The topological polar surface area (TPSA) is 198 Å². The second-order valence-electron chi connectivity index (χ2n) is 17.3. The number of methoxy groups -OCH3 is 1. The van der Waals surface area contributed by atoms with E-state index >= 15 is 9.59 Å². The van der Waals surface area contributed by atoms with Gasteiger partial charge in [-0.25, -0.2) is 4.79 Å². The predicted molar refractivity (Wildman–Crippen MR) is 234 cm³/mol. The minimum Gasteiger partial charge on any atom is -0.454 e. The maximum atomic E-state index is 15.2. The van der Waals surface area contributed by atoms with Crippen molar-refractivity contribution in [3.8, 4) is 11.5 Å². The molecule has 1 aliphatic carbocycles. The van der Waals surface area contributed by atoms with E-state index in [1.807, 2.05) is 0 Å². The van der Waals surface area contributed by atoms with Gasteiger partial charge in [-0.2, -0.15) is 0 Å². The van der Waals surface area contributed by atoms with Crippen LogP contribution >= 0.6 is 11.6 Å². The molecule has 338 valence electrons. The van der Waals surface area contributed by atoms with Gasteiger partial charge in [0.1, 0.15) is 22.9 Å². The largest absolute Gasteiger partial charge is 0.454 e. The van der Waals surface area contributed by atoms with Crippen molar-refractivity contribution in [2.75, 3.05) is 20.2 Å². The fraction of sp³-hybridized carbons (Fsp3) is 0.479. The van der Waals surface area contributed by atoms with Crippen LogP contribution in [0.1, 0.15) is 113 Å². The minimum absolute atomic E-state index is 0.0320. The van der Waals surface area contributed by atoms with Gasteiger partial charge in [0.2, 0.25) is 11.6 Å². The van der Waals surface area contributed by atoms with Crippen LogP contribution in [0.25, 0.3) is 0 Å². The summed E-state index contributed by atoms with van der Waals surface area (Å²) in [6, 6.07) is 4.53. The third kappa shape index (κ3) is 9.01. The van der Waals surface area contributed by atoms with E-state index in [2.05, 4.69) is 5.32 Å². The molecule has 1 fully saturated rings. The molecule has 0 spiro atoms. The summed E-state index contributed by atoms with van der Waals surface area (Å²) in [4.78, 5) is 74.7. The van der Waals surface area contributed by atoms with Crippen LogP contribution in [0.4, 0.5) is 0 Å². The lowest BCUT2D eigenvalue weighted by molar-refractivity contribution is -0.116. The van der Waals surface area contributed by atoms with E-state index in [9.17, 15) is 29.7 Å². The Bertz CT molecular complexity index is 2330. The Labute approximate surface area is 372 Å². The lowest BCUT2D eigenvalue weighted by Gasteiger charge is -2.36. The Balaban J connectivity index is 1.55. The van der Waals surface area contributed by atoms with Gasteiger partial charge >= 0.3 is 11.8 Å². The minimum atomic E-state index is -2.12. The fourth-order valence-electron chi connectivity index (χ4n) is 8.69. The number of fused-ring (bicyclic) bond motifs is 14. The number of nitrogens with zero attached hydrogens (tertiary/aromatic N) is 1. The Kier molecular flexibility index (Phi) is 14.2. The molecule has 2 aromatic rings. The van der Waals surface area contributed by atoms with Crippen molar-refractivity contribution in [1.29, 1.82) is 0 Å². The van der Waals surface area contributed by atoms with Crippen molar-refractivity contribution in [2.45, 2.75) is 105 Å². The van der Waals surface area contributed by atoms with Crippen LogP contribution in [0.3, 0.4) is 0 Å². The van der Waals surface area contributed by atoms with Crippen LogP contribution in [0.15, 0.2) is 65.7 Å². The van der Waals surface area contributed by atoms with Gasteiger partial charge in [-0.05, 0) is 63.8 Å². The maximum absolute atomic E-state index is 15.2. The second-order valence-corrected chi connectivity index (χ2v) is 17.7. The summed E-state index contributed by atoms with van der Waals surface area (Å²) in [5, 5.41) is 37.0. The van der Waals surface area contributed by atoms with E-state index in [4.69, 9.17) is 30.5 Å². The van der Waals surface area contributed by atoms with Gasteiger partial charge in [0.25, 0.3) is 11.7 Å². The number of amides is 1. The lowest BCUT2D eigenvalue weighted by atomic mass is 9.78. The summed E-state index contributed by atoms with van der Waals surface area (Å²) in [7, 11) is 1.43. The van der Waals surface area contributed by atoms with Gasteiger partial charge in [0.05, 0.1) is 52.9 Å². The number of benzene rings is 2. The molecule has 0 saturated carbocycles. The zero-order valence-electron chi connectivity index (χ0n) is 37.1. The monoisotopic (exact) mass is 888 g/mol. The number of esters is 1. The van der Waals surface area contributed by atoms with Crippen LogP contribution < -0.4 is 14.8 Å².